The van der Waals surface area contributed by atoms with Crippen LogP contribution in [0.4, 0.5) is 8.63 Å². The van der Waals surface area contributed by atoms with Crippen LogP contribution in [0.3, 0.4) is 0 Å². The number of nitrogens with zero attached hydrogens (tertiary/aromatic N) is 1. The third-order valence-electron chi connectivity index (χ3n) is 3.65. The van der Waals surface area contributed by atoms with Crippen LogP contribution in [-0.4, -0.2) is 7.40 Å². The fourth-order valence-electron chi connectivity index (χ4n) is 2.71. The number of hydrogen-bond donors (Lipinski definition) is 0. The maximum Gasteiger partial charge on any atom is 0.691 e. The molecule has 0 aliphatic rings. The van der Waals surface area contributed by atoms with E-state index in [0.29, 0.717) is 0 Å². The molecule has 114 valence electrons. The van der Waals surface area contributed by atoms with Crippen molar-refractivity contribution in [3.05, 3.63) is 91.0 Å². The summed E-state index contributed by atoms with van der Waals surface area (Å²) in [5.74, 6) is 0. The molecule has 0 unspecified atom stereocenters. The summed E-state index contributed by atoms with van der Waals surface area (Å²) in [6.07, 6.45) is 0. The second-order valence-electron chi connectivity index (χ2n) is 5.04. The first-order valence-electron chi connectivity index (χ1n) is 7.30. The van der Waals surface area contributed by atoms with Crippen molar-refractivity contribution in [1.29, 1.82) is 0 Å². The molecule has 0 atom stereocenters. The van der Waals surface area contributed by atoms with Gasteiger partial charge in [-0.15, -0.1) is 0 Å². The predicted octanol–water partition coefficient (Wildman–Crippen LogP) is 4.09. The van der Waals surface area contributed by atoms with Gasteiger partial charge in [-0.25, -0.2) is 0 Å². The van der Waals surface area contributed by atoms with Crippen LogP contribution in [0.2, 0.25) is 0 Å². The molecule has 0 aliphatic carbocycles. The van der Waals surface area contributed by atoms with E-state index in [1.165, 1.54) is 0 Å². The maximum absolute atomic E-state index is 13.4. The highest BCUT2D eigenvalue weighted by molar-refractivity contribution is 7.87. The van der Waals surface area contributed by atoms with Crippen LogP contribution >= 0.6 is 7.05 Å². The quantitative estimate of drug-likeness (QED) is 0.506. The van der Waals surface area contributed by atoms with E-state index in [-0.39, 0.29) is 0 Å². The highest BCUT2D eigenvalue weighted by Gasteiger charge is 2.30. The zero-order chi connectivity index (χ0) is 16.1. The fourth-order valence-corrected chi connectivity index (χ4v) is 6.08. The standard InChI is InChI=1S/C18H15BF2NP/c20-19(21)22-23(16-10-4-1-5-11-16,17-12-6-2-7-13-17)18-14-8-3-9-15-18/h1-15H. The van der Waals surface area contributed by atoms with E-state index < -0.39 is 14.5 Å². The molecule has 0 N–H and O–H groups in total. The summed E-state index contributed by atoms with van der Waals surface area (Å²) in [6.45, 7) is 0. The second-order valence-corrected chi connectivity index (χ2v) is 8.09. The van der Waals surface area contributed by atoms with E-state index in [9.17, 15) is 8.63 Å². The van der Waals surface area contributed by atoms with E-state index in [1.54, 1.807) is 0 Å². The Bertz CT molecular complexity index is 705. The second kappa shape index (κ2) is 6.93. The molecule has 0 saturated heterocycles. The Morgan fingerprint density at radius 2 is 0.870 bits per heavy atom. The molecule has 0 heterocycles. The third-order valence-corrected chi connectivity index (χ3v) is 7.31. The lowest BCUT2D eigenvalue weighted by Gasteiger charge is -2.26. The zero-order valence-corrected chi connectivity index (χ0v) is 13.3. The smallest absolute Gasteiger partial charge is 0.276 e. The summed E-state index contributed by atoms with van der Waals surface area (Å²) in [7, 11) is -5.47. The molecule has 0 amide bonds. The molecular weight excluding hydrogens is 310 g/mol. The van der Waals surface area contributed by atoms with Crippen LogP contribution in [0.25, 0.3) is 0 Å². The van der Waals surface area contributed by atoms with Gasteiger partial charge in [0, 0.05) is 7.05 Å². The van der Waals surface area contributed by atoms with Crippen molar-refractivity contribution in [3.8, 4) is 0 Å². The Hall–Kier alpha value is -2.19. The number of benzene rings is 3. The van der Waals surface area contributed by atoms with Gasteiger partial charge in [-0.05, 0) is 15.9 Å². The van der Waals surface area contributed by atoms with Crippen molar-refractivity contribution in [2.45, 2.75) is 0 Å². The number of hydrogen-bond acceptors (Lipinski definition) is 1. The molecule has 5 heteroatoms. The first-order valence-corrected chi connectivity index (χ1v) is 9.04. The molecular formula is C18H15BF2NP. The van der Waals surface area contributed by atoms with Crippen molar-refractivity contribution >= 4 is 30.4 Å². The van der Waals surface area contributed by atoms with E-state index in [0.717, 1.165) is 15.9 Å². The van der Waals surface area contributed by atoms with Gasteiger partial charge in [0.1, 0.15) is 0 Å². The van der Waals surface area contributed by atoms with Crippen LogP contribution in [0.5, 0.6) is 0 Å². The van der Waals surface area contributed by atoms with Crippen molar-refractivity contribution in [1.82, 2.24) is 0 Å². The molecule has 0 aromatic heterocycles. The molecule has 3 aromatic rings. The molecule has 3 aromatic carbocycles. The van der Waals surface area contributed by atoms with Crippen LogP contribution in [0, 0.1) is 0 Å². The van der Waals surface area contributed by atoms with Gasteiger partial charge in [0.25, 0.3) is 0 Å². The van der Waals surface area contributed by atoms with E-state index in [1.807, 2.05) is 91.0 Å². The van der Waals surface area contributed by atoms with Crippen LogP contribution in [0.1, 0.15) is 0 Å². The van der Waals surface area contributed by atoms with Gasteiger partial charge < -0.3 is 0 Å². The lowest BCUT2D eigenvalue weighted by Crippen LogP contribution is -2.26. The van der Waals surface area contributed by atoms with Crippen molar-refractivity contribution in [2.24, 2.45) is 4.66 Å². The molecule has 1 nitrogen and oxygen atoms in total. The zero-order valence-electron chi connectivity index (χ0n) is 12.4. The van der Waals surface area contributed by atoms with Gasteiger partial charge in [-0.2, -0.15) is 0 Å². The van der Waals surface area contributed by atoms with Crippen LogP contribution in [0.15, 0.2) is 95.7 Å². The molecule has 0 fully saturated rings. The Morgan fingerprint density at radius 1 is 0.565 bits per heavy atom. The Kier molecular flexibility index (Phi) is 4.73. The molecule has 0 radical (unpaired) electrons. The predicted molar refractivity (Wildman–Crippen MR) is 95.5 cm³/mol. The number of halogens is 2. The minimum atomic E-state index is -2.73. The van der Waals surface area contributed by atoms with Crippen LogP contribution in [-0.2, 0) is 0 Å². The summed E-state index contributed by atoms with van der Waals surface area (Å²) >= 11 is 0. The maximum atomic E-state index is 13.4. The average molecular weight is 325 g/mol. The summed E-state index contributed by atoms with van der Waals surface area (Å²) < 4.78 is 30.9. The SMILES string of the molecule is FB(F)N=P(c1ccccc1)(c1ccccc1)c1ccccc1. The summed E-state index contributed by atoms with van der Waals surface area (Å²) in [5.41, 5.74) is 0. The van der Waals surface area contributed by atoms with Crippen molar-refractivity contribution < 1.29 is 8.63 Å². The minimum absolute atomic E-state index is 0.831. The van der Waals surface area contributed by atoms with Crippen molar-refractivity contribution in [2.75, 3.05) is 0 Å². The Morgan fingerprint density at radius 3 is 1.13 bits per heavy atom. The van der Waals surface area contributed by atoms with E-state index >= 15 is 0 Å². The van der Waals surface area contributed by atoms with E-state index in [2.05, 4.69) is 4.66 Å². The summed E-state index contributed by atoms with van der Waals surface area (Å²) in [5, 5.41) is 2.49. The minimum Gasteiger partial charge on any atom is -0.276 e. The van der Waals surface area contributed by atoms with Gasteiger partial charge in [0.2, 0.25) is 0 Å². The third kappa shape index (κ3) is 3.13. The topological polar surface area (TPSA) is 12.4 Å². The van der Waals surface area contributed by atoms with E-state index in [4.69, 9.17) is 0 Å². The molecule has 23 heavy (non-hydrogen) atoms. The van der Waals surface area contributed by atoms with Crippen molar-refractivity contribution in [3.63, 3.8) is 0 Å². The van der Waals surface area contributed by atoms with Gasteiger partial charge in [-0.3, -0.25) is 13.3 Å². The molecule has 0 bridgehead atoms. The lowest BCUT2D eigenvalue weighted by atomic mass is 10.3. The normalized spacial score (nSPS) is 11.0. The van der Waals surface area contributed by atoms with Gasteiger partial charge in [-0.1, -0.05) is 91.0 Å². The largest absolute Gasteiger partial charge is 0.691 e. The van der Waals surface area contributed by atoms with Crippen LogP contribution < -0.4 is 15.9 Å². The average Bonchev–Trinajstić information content (AvgIpc) is 2.62. The molecule has 0 spiro atoms. The summed E-state index contributed by atoms with van der Waals surface area (Å²) in [4.78, 5) is 0. The molecule has 0 saturated carbocycles. The summed E-state index contributed by atoms with van der Waals surface area (Å²) in [6, 6.07) is 28.2. The monoisotopic (exact) mass is 325 g/mol. The van der Waals surface area contributed by atoms with Gasteiger partial charge in [0.05, 0.1) is 0 Å². The van der Waals surface area contributed by atoms with Gasteiger partial charge in [0.15, 0.2) is 0 Å². The Balaban J connectivity index is 2.41. The van der Waals surface area contributed by atoms with Gasteiger partial charge >= 0.3 is 7.40 Å². The lowest BCUT2D eigenvalue weighted by molar-refractivity contribution is 0.664. The first-order chi connectivity index (χ1) is 11.2. The fraction of sp³-hybridized carbons (Fsp3) is 0. The Labute approximate surface area is 135 Å². The highest BCUT2D eigenvalue weighted by Crippen LogP contribution is 2.46. The first kappa shape index (κ1) is 15.7. The number of rotatable bonds is 4. The molecule has 3 rings (SSSR count). The highest BCUT2D eigenvalue weighted by atomic mass is 31.2. The molecule has 0 aliphatic heterocycles.